The number of alkyl halides is 3. The molecule has 0 saturated carbocycles. The minimum absolute atomic E-state index is 0.000713. The molecule has 0 bridgehead atoms. The van der Waals surface area contributed by atoms with Crippen molar-refractivity contribution >= 4 is 46.5 Å². The number of ketones is 1. The number of amides is 1. The molecule has 12 heteroatoms. The molecule has 3 rings (SSSR count). The second kappa shape index (κ2) is 12.0. The molecule has 2 aromatic rings. The smallest absolute Gasteiger partial charge is 0.416 e. The van der Waals surface area contributed by atoms with Gasteiger partial charge in [0.05, 0.1) is 33.3 Å². The Bertz CT molecular complexity index is 1180. The number of hydrogen-bond acceptors (Lipinski definition) is 5. The number of halogens is 6. The second-order valence-electron chi connectivity index (χ2n) is 7.97. The average Bonchev–Trinajstić information content (AvgIpc) is 2.83. The van der Waals surface area contributed by atoms with E-state index in [0.29, 0.717) is 13.1 Å². The van der Waals surface area contributed by atoms with Crippen LogP contribution in [0.5, 0.6) is 17.2 Å². The maximum atomic E-state index is 12.9. The van der Waals surface area contributed by atoms with Crippen molar-refractivity contribution in [2.45, 2.75) is 31.9 Å². The summed E-state index contributed by atoms with van der Waals surface area (Å²) in [6, 6.07) is 6.96. The highest BCUT2D eigenvalue weighted by atomic mass is 35.5. The van der Waals surface area contributed by atoms with Crippen molar-refractivity contribution in [2.75, 3.05) is 19.7 Å². The SMILES string of the molecule is N#CC(C(=O)CCOc1cc(Oc2ccc(C(F)(F)F)cc2Cl)c(Cl)cc1Cl)C(=O)N1CCCCC1. The van der Waals surface area contributed by atoms with Gasteiger partial charge in [0.15, 0.2) is 11.7 Å². The quantitative estimate of drug-likeness (QED) is 0.325. The number of rotatable bonds is 8. The minimum Gasteiger partial charge on any atom is -0.491 e. The van der Waals surface area contributed by atoms with E-state index in [0.717, 1.165) is 37.5 Å². The van der Waals surface area contributed by atoms with Crippen LogP contribution in [0, 0.1) is 17.2 Å². The van der Waals surface area contributed by atoms with Crippen molar-refractivity contribution < 1.29 is 32.2 Å². The molecular weight excluding hydrogens is 544 g/mol. The van der Waals surface area contributed by atoms with E-state index >= 15 is 0 Å². The molecule has 192 valence electrons. The zero-order chi connectivity index (χ0) is 26.5. The van der Waals surface area contributed by atoms with Gasteiger partial charge in [0.2, 0.25) is 5.91 Å². The second-order valence-corrected chi connectivity index (χ2v) is 9.19. The molecule has 0 spiro atoms. The third kappa shape index (κ3) is 6.96. The molecule has 0 aromatic heterocycles. The van der Waals surface area contributed by atoms with Gasteiger partial charge in [0.25, 0.3) is 0 Å². The first kappa shape index (κ1) is 27.9. The number of carbonyl (C=O) groups is 2. The van der Waals surface area contributed by atoms with Crippen molar-refractivity contribution in [3.63, 3.8) is 0 Å². The summed E-state index contributed by atoms with van der Waals surface area (Å²) in [7, 11) is 0. The summed E-state index contributed by atoms with van der Waals surface area (Å²) in [5.41, 5.74) is -0.940. The maximum Gasteiger partial charge on any atom is 0.416 e. The summed E-state index contributed by atoms with van der Waals surface area (Å²) in [4.78, 5) is 26.6. The highest BCUT2D eigenvalue weighted by molar-refractivity contribution is 6.36. The summed E-state index contributed by atoms with van der Waals surface area (Å²) < 4.78 is 49.7. The van der Waals surface area contributed by atoms with Crippen molar-refractivity contribution in [1.29, 1.82) is 5.26 Å². The first-order valence-corrected chi connectivity index (χ1v) is 12.0. The monoisotopic (exact) mass is 562 g/mol. The van der Waals surface area contributed by atoms with Gasteiger partial charge in [-0.2, -0.15) is 18.4 Å². The molecule has 1 heterocycles. The van der Waals surface area contributed by atoms with E-state index in [9.17, 15) is 28.0 Å². The molecule has 0 N–H and O–H groups in total. The van der Waals surface area contributed by atoms with Gasteiger partial charge in [-0.15, -0.1) is 0 Å². The lowest BCUT2D eigenvalue weighted by Gasteiger charge is -2.28. The molecule has 1 aliphatic rings. The largest absolute Gasteiger partial charge is 0.491 e. The van der Waals surface area contributed by atoms with E-state index in [-0.39, 0.29) is 45.3 Å². The van der Waals surface area contributed by atoms with Gasteiger partial charge in [0.1, 0.15) is 17.2 Å². The average molecular weight is 564 g/mol. The molecule has 1 aliphatic heterocycles. The van der Waals surface area contributed by atoms with Gasteiger partial charge in [0, 0.05) is 25.6 Å². The van der Waals surface area contributed by atoms with Crippen LogP contribution >= 0.6 is 34.8 Å². The molecule has 2 aromatic carbocycles. The standard InChI is InChI=1S/C24H20Cl3F3N2O4/c25-16-10-14(24(28,29)30)4-5-20(16)36-22-12-21(17(26)11-18(22)27)35-9-6-19(33)15(13-31)23(34)32-7-2-1-3-8-32/h4-5,10-12,15H,1-3,6-9H2. The highest BCUT2D eigenvalue weighted by Crippen LogP contribution is 2.41. The van der Waals surface area contributed by atoms with E-state index in [4.69, 9.17) is 44.3 Å². The molecular formula is C24H20Cl3F3N2O4. The Labute approximate surface area is 220 Å². The molecule has 1 saturated heterocycles. The number of ether oxygens (including phenoxy) is 2. The van der Waals surface area contributed by atoms with Gasteiger partial charge in [-0.25, -0.2) is 0 Å². The normalized spacial score (nSPS) is 14.6. The Balaban J connectivity index is 1.65. The summed E-state index contributed by atoms with van der Waals surface area (Å²) >= 11 is 18.2. The van der Waals surface area contributed by atoms with Gasteiger partial charge < -0.3 is 14.4 Å². The Morgan fingerprint density at radius 1 is 0.972 bits per heavy atom. The van der Waals surface area contributed by atoms with Crippen LogP contribution in [0.2, 0.25) is 15.1 Å². The fourth-order valence-corrected chi connectivity index (χ4v) is 4.24. The van der Waals surface area contributed by atoms with E-state index in [2.05, 4.69) is 0 Å². The molecule has 0 radical (unpaired) electrons. The number of benzene rings is 2. The van der Waals surface area contributed by atoms with Crippen LogP contribution in [0.25, 0.3) is 0 Å². The van der Waals surface area contributed by atoms with Crippen LogP contribution in [-0.4, -0.2) is 36.3 Å². The maximum absolute atomic E-state index is 12.9. The lowest BCUT2D eigenvalue weighted by atomic mass is 10.00. The third-order valence-corrected chi connectivity index (χ3v) is 6.32. The zero-order valence-electron chi connectivity index (χ0n) is 18.7. The zero-order valence-corrected chi connectivity index (χ0v) is 21.0. The number of carbonyl (C=O) groups excluding carboxylic acids is 2. The number of hydrogen-bond donors (Lipinski definition) is 0. The predicted octanol–water partition coefficient (Wildman–Crippen LogP) is 6.95. The van der Waals surface area contributed by atoms with E-state index in [1.54, 1.807) is 6.07 Å². The van der Waals surface area contributed by atoms with Gasteiger partial charge in [-0.05, 0) is 43.5 Å². The lowest BCUT2D eigenvalue weighted by molar-refractivity contribution is -0.140. The summed E-state index contributed by atoms with van der Waals surface area (Å²) in [5, 5.41) is 9.20. The number of likely N-dealkylation sites (tertiary alicyclic amines) is 1. The van der Waals surface area contributed by atoms with Crippen LogP contribution < -0.4 is 9.47 Å². The van der Waals surface area contributed by atoms with Crippen molar-refractivity contribution in [3.05, 3.63) is 51.0 Å². The molecule has 36 heavy (non-hydrogen) atoms. The topological polar surface area (TPSA) is 79.6 Å². The van der Waals surface area contributed by atoms with E-state index in [1.165, 1.54) is 17.0 Å². The number of nitriles is 1. The first-order chi connectivity index (χ1) is 17.0. The molecule has 1 atom stereocenters. The summed E-state index contributed by atoms with van der Waals surface area (Å²) in [6.07, 6.45) is -2.13. The molecule has 6 nitrogen and oxygen atoms in total. The highest BCUT2D eigenvalue weighted by Gasteiger charge is 2.32. The Morgan fingerprint density at radius 3 is 2.22 bits per heavy atom. The number of nitrogens with zero attached hydrogens (tertiary/aromatic N) is 2. The predicted molar refractivity (Wildman–Crippen MR) is 128 cm³/mol. The van der Waals surface area contributed by atoms with E-state index in [1.807, 2.05) is 0 Å². The van der Waals surface area contributed by atoms with Gasteiger partial charge in [-0.1, -0.05) is 34.8 Å². The molecule has 1 amide bonds. The Kier molecular flexibility index (Phi) is 9.34. The van der Waals surface area contributed by atoms with Crippen LogP contribution in [-0.2, 0) is 15.8 Å². The first-order valence-electron chi connectivity index (χ1n) is 10.9. The van der Waals surface area contributed by atoms with Crippen LogP contribution in [0.4, 0.5) is 13.2 Å². The molecule has 0 aliphatic carbocycles. The van der Waals surface area contributed by atoms with Crippen LogP contribution in [0.3, 0.4) is 0 Å². The van der Waals surface area contributed by atoms with E-state index < -0.39 is 29.3 Å². The lowest BCUT2D eigenvalue weighted by Crippen LogP contribution is -2.42. The summed E-state index contributed by atoms with van der Waals surface area (Å²) in [6.45, 7) is 0.853. The Morgan fingerprint density at radius 2 is 1.61 bits per heavy atom. The molecule has 1 unspecified atom stereocenters. The van der Waals surface area contributed by atoms with Crippen molar-refractivity contribution in [2.24, 2.45) is 5.92 Å². The number of piperidine rings is 1. The van der Waals surface area contributed by atoms with Crippen LogP contribution in [0.15, 0.2) is 30.3 Å². The van der Waals surface area contributed by atoms with Crippen molar-refractivity contribution in [3.8, 4) is 23.3 Å². The fourth-order valence-electron chi connectivity index (χ4n) is 3.55. The summed E-state index contributed by atoms with van der Waals surface area (Å²) in [5.74, 6) is -2.50. The van der Waals surface area contributed by atoms with Gasteiger partial charge >= 0.3 is 6.18 Å². The van der Waals surface area contributed by atoms with Crippen LogP contribution in [0.1, 0.15) is 31.2 Å². The van der Waals surface area contributed by atoms with Gasteiger partial charge in [-0.3, -0.25) is 9.59 Å². The fraction of sp³-hybridized carbons (Fsp3) is 0.375. The third-order valence-electron chi connectivity index (χ3n) is 5.44. The Hall–Kier alpha value is -2.67. The van der Waals surface area contributed by atoms with Crippen molar-refractivity contribution in [1.82, 2.24) is 4.90 Å². The minimum atomic E-state index is -4.57. The number of Topliss-reactive ketones (excluding diaryl/α,β-unsaturated/α-hetero) is 1. The molecule has 1 fully saturated rings.